The van der Waals surface area contributed by atoms with Gasteiger partial charge in [-0.15, -0.1) is 11.8 Å². The molecule has 3 aromatic rings. The smallest absolute Gasteiger partial charge is 0.163 e. The van der Waals surface area contributed by atoms with Gasteiger partial charge in [0.15, 0.2) is 5.65 Å². The van der Waals surface area contributed by atoms with Gasteiger partial charge in [-0.2, -0.15) is 10.2 Å². The number of anilines is 1. The second-order valence-electron chi connectivity index (χ2n) is 4.38. The lowest BCUT2D eigenvalue weighted by atomic mass is 10.4. The highest BCUT2D eigenvalue weighted by atomic mass is 32.2. The number of hydrogen-bond acceptors (Lipinski definition) is 6. The third kappa shape index (κ3) is 2.34. The van der Waals surface area contributed by atoms with Crippen molar-refractivity contribution in [1.29, 1.82) is 0 Å². The Morgan fingerprint density at radius 1 is 1.20 bits per heavy atom. The molecule has 0 amide bonds. The van der Waals surface area contributed by atoms with Crippen LogP contribution in [0.15, 0.2) is 23.5 Å². The molecular weight excluding hydrogens is 274 g/mol. The third-order valence-corrected chi connectivity index (χ3v) is 3.87. The molecule has 0 aromatic carbocycles. The highest BCUT2D eigenvalue weighted by molar-refractivity contribution is 7.98. The molecule has 7 nitrogen and oxygen atoms in total. The fourth-order valence-electron chi connectivity index (χ4n) is 1.94. The lowest BCUT2D eigenvalue weighted by Crippen LogP contribution is -2.02. The van der Waals surface area contributed by atoms with Crippen molar-refractivity contribution >= 4 is 28.6 Å². The molecule has 0 fully saturated rings. The fraction of sp³-hybridized carbons (Fsp3) is 0.333. The van der Waals surface area contributed by atoms with E-state index in [-0.39, 0.29) is 0 Å². The van der Waals surface area contributed by atoms with Crippen molar-refractivity contribution in [2.24, 2.45) is 14.1 Å². The summed E-state index contributed by atoms with van der Waals surface area (Å²) < 4.78 is 3.54. The van der Waals surface area contributed by atoms with Gasteiger partial charge in [0, 0.05) is 32.2 Å². The van der Waals surface area contributed by atoms with Crippen molar-refractivity contribution in [3.63, 3.8) is 0 Å². The maximum absolute atomic E-state index is 4.57. The van der Waals surface area contributed by atoms with Gasteiger partial charge in [0.2, 0.25) is 0 Å². The first-order valence-electron chi connectivity index (χ1n) is 6.15. The van der Waals surface area contributed by atoms with Gasteiger partial charge in [0.25, 0.3) is 0 Å². The van der Waals surface area contributed by atoms with Gasteiger partial charge in [0.1, 0.15) is 11.6 Å². The van der Waals surface area contributed by atoms with E-state index in [1.54, 1.807) is 27.3 Å². The summed E-state index contributed by atoms with van der Waals surface area (Å²) in [4.78, 5) is 10.2. The van der Waals surface area contributed by atoms with Gasteiger partial charge in [0.05, 0.1) is 23.5 Å². The van der Waals surface area contributed by atoms with Crippen LogP contribution in [-0.2, 0) is 19.8 Å². The van der Waals surface area contributed by atoms with Crippen LogP contribution in [0.3, 0.4) is 0 Å². The minimum absolute atomic E-state index is 0.696. The summed E-state index contributed by atoms with van der Waals surface area (Å²) in [6.45, 7) is 0. The van der Waals surface area contributed by atoms with Crippen LogP contribution in [0.5, 0.6) is 0 Å². The molecule has 3 aromatic heterocycles. The van der Waals surface area contributed by atoms with E-state index in [1.807, 2.05) is 33.5 Å². The van der Waals surface area contributed by atoms with E-state index in [1.165, 1.54) is 0 Å². The zero-order valence-electron chi connectivity index (χ0n) is 11.5. The quantitative estimate of drug-likeness (QED) is 0.732. The number of aryl methyl sites for hydroxylation is 2. The molecule has 0 atom stereocenters. The van der Waals surface area contributed by atoms with Crippen molar-refractivity contribution in [3.8, 4) is 0 Å². The lowest BCUT2D eigenvalue weighted by molar-refractivity contribution is 0.766. The molecule has 0 aliphatic heterocycles. The van der Waals surface area contributed by atoms with Crippen LogP contribution in [0.4, 0.5) is 5.82 Å². The van der Waals surface area contributed by atoms with Crippen LogP contribution in [0, 0.1) is 0 Å². The first-order chi connectivity index (χ1) is 9.67. The second-order valence-corrected chi connectivity index (χ2v) is 5.43. The van der Waals surface area contributed by atoms with Crippen LogP contribution in [0.1, 0.15) is 5.82 Å². The Kier molecular flexibility index (Phi) is 3.31. The van der Waals surface area contributed by atoms with Gasteiger partial charge in [-0.05, 0) is 0 Å². The zero-order valence-corrected chi connectivity index (χ0v) is 12.3. The number of fused-ring (bicyclic) bond motifs is 1. The summed E-state index contributed by atoms with van der Waals surface area (Å²) in [5, 5.41) is 12.4. The van der Waals surface area contributed by atoms with E-state index in [0.29, 0.717) is 5.75 Å². The SMILES string of the molecule is CNc1nc(CSc2cnn(C)c2)nc2c1cnn2C. The van der Waals surface area contributed by atoms with E-state index in [0.717, 1.165) is 27.6 Å². The Bertz CT molecular complexity index is 745. The monoisotopic (exact) mass is 289 g/mol. The van der Waals surface area contributed by atoms with Gasteiger partial charge in [-0.3, -0.25) is 9.36 Å². The third-order valence-electron chi connectivity index (χ3n) is 2.92. The van der Waals surface area contributed by atoms with E-state index in [4.69, 9.17) is 0 Å². The first-order valence-corrected chi connectivity index (χ1v) is 7.14. The van der Waals surface area contributed by atoms with E-state index >= 15 is 0 Å². The Morgan fingerprint density at radius 3 is 2.75 bits per heavy atom. The summed E-state index contributed by atoms with van der Waals surface area (Å²) in [6.07, 6.45) is 5.59. The minimum Gasteiger partial charge on any atom is -0.372 e. The average molecular weight is 289 g/mol. The van der Waals surface area contributed by atoms with E-state index < -0.39 is 0 Å². The largest absolute Gasteiger partial charge is 0.372 e. The van der Waals surface area contributed by atoms with Gasteiger partial charge < -0.3 is 5.32 Å². The predicted octanol–water partition coefficient (Wildman–Crippen LogP) is 1.43. The molecule has 0 aliphatic rings. The number of nitrogens with one attached hydrogen (secondary N) is 1. The molecule has 0 radical (unpaired) electrons. The van der Waals surface area contributed by atoms with Gasteiger partial charge in [-0.1, -0.05) is 0 Å². The van der Waals surface area contributed by atoms with Gasteiger partial charge in [-0.25, -0.2) is 9.97 Å². The molecule has 20 heavy (non-hydrogen) atoms. The van der Waals surface area contributed by atoms with Crippen LogP contribution < -0.4 is 5.32 Å². The average Bonchev–Trinajstić information content (AvgIpc) is 3.03. The number of rotatable bonds is 4. The second kappa shape index (κ2) is 5.12. The first kappa shape index (κ1) is 12.9. The molecule has 1 N–H and O–H groups in total. The zero-order chi connectivity index (χ0) is 14.1. The Balaban J connectivity index is 1.89. The van der Waals surface area contributed by atoms with Crippen LogP contribution >= 0.6 is 11.8 Å². The van der Waals surface area contributed by atoms with E-state index in [9.17, 15) is 0 Å². The highest BCUT2D eigenvalue weighted by Crippen LogP contribution is 2.24. The normalized spacial score (nSPS) is 11.2. The molecule has 3 rings (SSSR count). The summed E-state index contributed by atoms with van der Waals surface area (Å²) >= 11 is 1.66. The number of thioether (sulfide) groups is 1. The Morgan fingerprint density at radius 2 is 2.05 bits per heavy atom. The van der Waals surface area contributed by atoms with Crippen molar-refractivity contribution in [3.05, 3.63) is 24.4 Å². The van der Waals surface area contributed by atoms with Crippen molar-refractivity contribution in [2.45, 2.75) is 10.6 Å². The molecule has 0 spiro atoms. The van der Waals surface area contributed by atoms with Crippen molar-refractivity contribution < 1.29 is 0 Å². The molecule has 104 valence electrons. The minimum atomic E-state index is 0.696. The Labute approximate surface area is 120 Å². The summed E-state index contributed by atoms with van der Waals surface area (Å²) in [5.41, 5.74) is 0.839. The maximum Gasteiger partial charge on any atom is 0.163 e. The lowest BCUT2D eigenvalue weighted by Gasteiger charge is -2.05. The molecule has 3 heterocycles. The molecule has 8 heteroatoms. The standard InChI is InChI=1S/C12H15N7S/c1-13-11-9-5-15-19(3)12(9)17-10(16-11)7-20-8-4-14-18(2)6-8/h4-6H,7H2,1-3H3,(H,13,16,17). The topological polar surface area (TPSA) is 73.5 Å². The molecule has 0 bridgehead atoms. The summed E-state index contributed by atoms with van der Waals surface area (Å²) in [7, 11) is 5.64. The van der Waals surface area contributed by atoms with E-state index in [2.05, 4.69) is 25.5 Å². The molecule has 0 unspecified atom stereocenters. The molecule has 0 aliphatic carbocycles. The number of hydrogen-bond donors (Lipinski definition) is 1. The fourth-order valence-corrected chi connectivity index (χ4v) is 2.72. The summed E-state index contributed by atoms with van der Waals surface area (Å²) in [5.74, 6) is 2.28. The molecular formula is C12H15N7S. The van der Waals surface area contributed by atoms with Gasteiger partial charge >= 0.3 is 0 Å². The predicted molar refractivity (Wildman–Crippen MR) is 78.6 cm³/mol. The molecule has 0 saturated carbocycles. The van der Waals surface area contributed by atoms with Crippen LogP contribution in [0.25, 0.3) is 11.0 Å². The van der Waals surface area contributed by atoms with Crippen molar-refractivity contribution in [1.82, 2.24) is 29.5 Å². The maximum atomic E-state index is 4.57. The highest BCUT2D eigenvalue weighted by Gasteiger charge is 2.11. The number of nitrogens with zero attached hydrogens (tertiary/aromatic N) is 6. The van der Waals surface area contributed by atoms with Crippen molar-refractivity contribution in [2.75, 3.05) is 12.4 Å². The van der Waals surface area contributed by atoms with Crippen LogP contribution in [0.2, 0.25) is 0 Å². The number of aromatic nitrogens is 6. The summed E-state index contributed by atoms with van der Waals surface area (Å²) in [6, 6.07) is 0. The molecule has 0 saturated heterocycles. The Hall–Kier alpha value is -2.09. The van der Waals surface area contributed by atoms with Crippen LogP contribution in [-0.4, -0.2) is 36.6 Å².